The van der Waals surface area contributed by atoms with Crippen LogP contribution in [0.1, 0.15) is 17.7 Å². The van der Waals surface area contributed by atoms with Crippen LogP contribution in [0.15, 0.2) is 24.3 Å². The third-order valence-corrected chi connectivity index (χ3v) is 5.55. The number of aromatic nitrogens is 1. The molecule has 6 heteroatoms. The van der Waals surface area contributed by atoms with Crippen LogP contribution in [0.5, 0.6) is 5.75 Å². The summed E-state index contributed by atoms with van der Waals surface area (Å²) in [6, 6.07) is 7.79. The molecule has 0 aliphatic carbocycles. The summed E-state index contributed by atoms with van der Waals surface area (Å²) >= 11 is 1.51. The van der Waals surface area contributed by atoms with Crippen LogP contribution in [0.25, 0.3) is 11.3 Å². The van der Waals surface area contributed by atoms with Crippen LogP contribution in [-0.4, -0.2) is 42.5 Å². The standard InChI is InChI=1S/C20H23N3O2S/c1-4-11-23-12-9-16(10-13-23)19(24)22-20-21-18(14(2)26-20)15-5-7-17(25-3)8-6-15/h1,5-8,16H,9-13H2,2-3H3,(H,21,22,24). The van der Waals surface area contributed by atoms with Gasteiger partial charge in [-0.25, -0.2) is 4.98 Å². The van der Waals surface area contributed by atoms with E-state index < -0.39 is 0 Å². The molecule has 0 radical (unpaired) electrons. The number of thiazole rings is 1. The first kappa shape index (κ1) is 18.4. The topological polar surface area (TPSA) is 54.5 Å². The number of terminal acetylenes is 1. The second kappa shape index (κ2) is 8.35. The molecule has 26 heavy (non-hydrogen) atoms. The predicted octanol–water partition coefficient (Wildman–Crippen LogP) is 3.41. The van der Waals surface area contributed by atoms with Crippen molar-refractivity contribution in [1.29, 1.82) is 0 Å². The zero-order valence-corrected chi connectivity index (χ0v) is 15.9. The molecule has 2 aromatic rings. The molecule has 1 aromatic carbocycles. The fraction of sp³-hybridized carbons (Fsp3) is 0.400. The van der Waals surface area contributed by atoms with Crippen molar-refractivity contribution in [2.45, 2.75) is 19.8 Å². The van der Waals surface area contributed by atoms with Crippen LogP contribution < -0.4 is 10.1 Å². The van der Waals surface area contributed by atoms with E-state index in [4.69, 9.17) is 11.2 Å². The number of carbonyl (C=O) groups excluding carboxylic acids is 1. The van der Waals surface area contributed by atoms with E-state index >= 15 is 0 Å². The van der Waals surface area contributed by atoms with E-state index in [0.29, 0.717) is 11.7 Å². The summed E-state index contributed by atoms with van der Waals surface area (Å²) < 4.78 is 5.19. The monoisotopic (exact) mass is 369 g/mol. The van der Waals surface area contributed by atoms with Gasteiger partial charge in [-0.05, 0) is 57.1 Å². The molecule has 1 fully saturated rings. The van der Waals surface area contributed by atoms with Gasteiger partial charge in [0.2, 0.25) is 5.91 Å². The number of hydrogen-bond donors (Lipinski definition) is 1. The Morgan fingerprint density at radius 1 is 1.38 bits per heavy atom. The molecule has 2 heterocycles. The summed E-state index contributed by atoms with van der Waals surface area (Å²) in [6.45, 7) is 4.42. The second-order valence-corrected chi connectivity index (χ2v) is 7.60. The van der Waals surface area contributed by atoms with E-state index in [1.165, 1.54) is 11.3 Å². The average Bonchev–Trinajstić information content (AvgIpc) is 3.02. The van der Waals surface area contributed by atoms with Crippen molar-refractivity contribution in [3.8, 4) is 29.4 Å². The van der Waals surface area contributed by atoms with Gasteiger partial charge in [0.25, 0.3) is 0 Å². The van der Waals surface area contributed by atoms with Gasteiger partial charge in [0.1, 0.15) is 5.75 Å². The molecule has 0 atom stereocenters. The number of nitrogens with zero attached hydrogens (tertiary/aromatic N) is 2. The molecule has 1 saturated heterocycles. The Bertz CT molecular complexity index is 799. The molecular weight excluding hydrogens is 346 g/mol. The molecule has 3 rings (SSSR count). The SMILES string of the molecule is C#CCN1CCC(C(=O)Nc2nc(-c3ccc(OC)cc3)c(C)s2)CC1. The highest BCUT2D eigenvalue weighted by molar-refractivity contribution is 7.16. The molecule has 1 N–H and O–H groups in total. The van der Waals surface area contributed by atoms with E-state index in [0.717, 1.165) is 47.8 Å². The zero-order valence-electron chi connectivity index (χ0n) is 15.1. The zero-order chi connectivity index (χ0) is 18.5. The molecule has 1 aliphatic rings. The van der Waals surface area contributed by atoms with E-state index in [-0.39, 0.29) is 11.8 Å². The minimum atomic E-state index is 0.0256. The molecular formula is C20H23N3O2S. The van der Waals surface area contributed by atoms with E-state index in [2.05, 4.69) is 21.1 Å². The lowest BCUT2D eigenvalue weighted by Gasteiger charge is -2.29. The van der Waals surface area contributed by atoms with Gasteiger partial charge in [0, 0.05) is 16.4 Å². The van der Waals surface area contributed by atoms with Crippen LogP contribution in [0.2, 0.25) is 0 Å². The quantitative estimate of drug-likeness (QED) is 0.821. The Morgan fingerprint density at radius 3 is 2.69 bits per heavy atom. The summed E-state index contributed by atoms with van der Waals surface area (Å²) in [5.41, 5.74) is 1.92. The van der Waals surface area contributed by atoms with Gasteiger partial charge >= 0.3 is 0 Å². The van der Waals surface area contributed by atoms with Crippen LogP contribution in [0.4, 0.5) is 5.13 Å². The highest BCUT2D eigenvalue weighted by Crippen LogP contribution is 2.32. The van der Waals surface area contributed by atoms with Crippen LogP contribution in [0.3, 0.4) is 0 Å². The van der Waals surface area contributed by atoms with Crippen LogP contribution in [-0.2, 0) is 4.79 Å². The van der Waals surface area contributed by atoms with E-state index in [9.17, 15) is 4.79 Å². The first-order valence-electron chi connectivity index (χ1n) is 8.69. The molecule has 1 aliphatic heterocycles. The number of ether oxygens (including phenoxy) is 1. The smallest absolute Gasteiger partial charge is 0.229 e. The Kier molecular flexibility index (Phi) is 5.92. The van der Waals surface area contributed by atoms with Crippen molar-refractivity contribution in [2.24, 2.45) is 5.92 Å². The van der Waals surface area contributed by atoms with Gasteiger partial charge in [-0.15, -0.1) is 17.8 Å². The Morgan fingerprint density at radius 2 is 2.08 bits per heavy atom. The maximum Gasteiger partial charge on any atom is 0.229 e. The number of benzene rings is 1. The van der Waals surface area contributed by atoms with Crippen molar-refractivity contribution in [3.05, 3.63) is 29.1 Å². The first-order chi connectivity index (χ1) is 12.6. The van der Waals surface area contributed by atoms with Crippen LogP contribution >= 0.6 is 11.3 Å². The van der Waals surface area contributed by atoms with Gasteiger partial charge in [0.05, 0.1) is 19.3 Å². The van der Waals surface area contributed by atoms with E-state index in [1.807, 2.05) is 31.2 Å². The number of nitrogens with one attached hydrogen (secondary N) is 1. The third-order valence-electron chi connectivity index (χ3n) is 4.66. The lowest BCUT2D eigenvalue weighted by Crippen LogP contribution is -2.38. The summed E-state index contributed by atoms with van der Waals surface area (Å²) in [5.74, 6) is 3.56. The second-order valence-electron chi connectivity index (χ2n) is 6.40. The van der Waals surface area contributed by atoms with Crippen molar-refractivity contribution >= 4 is 22.4 Å². The lowest BCUT2D eigenvalue weighted by atomic mass is 9.96. The molecule has 0 saturated carbocycles. The fourth-order valence-electron chi connectivity index (χ4n) is 3.16. The summed E-state index contributed by atoms with van der Waals surface area (Å²) in [5, 5.41) is 3.65. The summed E-state index contributed by atoms with van der Waals surface area (Å²) in [4.78, 5) is 20.5. The van der Waals surface area contributed by atoms with E-state index in [1.54, 1.807) is 7.11 Å². The first-order valence-corrected chi connectivity index (χ1v) is 9.51. The number of hydrogen-bond acceptors (Lipinski definition) is 5. The Hall–Kier alpha value is -2.36. The van der Waals surface area contributed by atoms with Gasteiger partial charge in [-0.3, -0.25) is 9.69 Å². The van der Waals surface area contributed by atoms with Gasteiger partial charge in [-0.1, -0.05) is 5.92 Å². The number of rotatable bonds is 5. The molecule has 0 spiro atoms. The number of piperidine rings is 1. The minimum Gasteiger partial charge on any atom is -0.497 e. The Labute approximate surface area is 158 Å². The van der Waals surface area contributed by atoms with Crippen molar-refractivity contribution in [2.75, 3.05) is 32.1 Å². The van der Waals surface area contributed by atoms with Gasteiger partial charge in [-0.2, -0.15) is 0 Å². The third kappa shape index (κ3) is 4.24. The number of aryl methyl sites for hydroxylation is 1. The molecule has 5 nitrogen and oxygen atoms in total. The lowest BCUT2D eigenvalue weighted by molar-refractivity contribution is -0.121. The molecule has 1 aromatic heterocycles. The largest absolute Gasteiger partial charge is 0.497 e. The predicted molar refractivity (Wildman–Crippen MR) is 105 cm³/mol. The number of anilines is 1. The van der Waals surface area contributed by atoms with Crippen LogP contribution in [0, 0.1) is 25.2 Å². The summed E-state index contributed by atoms with van der Waals surface area (Å²) in [6.07, 6.45) is 7.02. The van der Waals surface area contributed by atoms with Crippen molar-refractivity contribution in [3.63, 3.8) is 0 Å². The highest BCUT2D eigenvalue weighted by atomic mass is 32.1. The number of likely N-dealkylation sites (tertiary alicyclic amines) is 1. The molecule has 0 bridgehead atoms. The minimum absolute atomic E-state index is 0.0256. The average molecular weight is 369 g/mol. The van der Waals surface area contributed by atoms with Gasteiger partial charge in [0.15, 0.2) is 5.13 Å². The number of carbonyl (C=O) groups is 1. The number of amides is 1. The maximum absolute atomic E-state index is 12.6. The normalized spacial score (nSPS) is 15.4. The van der Waals surface area contributed by atoms with Crippen molar-refractivity contribution in [1.82, 2.24) is 9.88 Å². The Balaban J connectivity index is 1.64. The fourth-order valence-corrected chi connectivity index (χ4v) is 4.00. The number of methoxy groups -OCH3 is 1. The molecule has 136 valence electrons. The molecule has 0 unspecified atom stereocenters. The molecule has 1 amide bonds. The van der Waals surface area contributed by atoms with Gasteiger partial charge < -0.3 is 10.1 Å². The summed E-state index contributed by atoms with van der Waals surface area (Å²) in [7, 11) is 1.65. The van der Waals surface area contributed by atoms with Crippen molar-refractivity contribution < 1.29 is 9.53 Å². The maximum atomic E-state index is 12.6. The highest BCUT2D eigenvalue weighted by Gasteiger charge is 2.25.